The summed E-state index contributed by atoms with van der Waals surface area (Å²) >= 11 is 0. The summed E-state index contributed by atoms with van der Waals surface area (Å²) in [7, 11) is -3.51. The molecule has 1 aromatic heterocycles. The molecular weight excluding hydrogens is 278 g/mol. The summed E-state index contributed by atoms with van der Waals surface area (Å²) in [5.41, 5.74) is 1.15. The van der Waals surface area contributed by atoms with Crippen molar-refractivity contribution in [1.29, 1.82) is 0 Å². The van der Waals surface area contributed by atoms with Gasteiger partial charge in [-0.3, -0.25) is 4.68 Å². The minimum Gasteiger partial charge on any atom is -0.396 e. The standard InChI is InChI=1S/C13H23N3O3S/c1-9-7-12(8-9)15-20(18,19)13-10(2)14-16(11(13)3)5-4-6-17/h9,12,15,17H,4-8H2,1-3H3. The summed E-state index contributed by atoms with van der Waals surface area (Å²) in [6.07, 6.45) is 2.36. The predicted molar refractivity (Wildman–Crippen MR) is 75.9 cm³/mol. The topological polar surface area (TPSA) is 84.2 Å². The van der Waals surface area contributed by atoms with E-state index in [0.29, 0.717) is 30.3 Å². The van der Waals surface area contributed by atoms with Crippen LogP contribution in [0.25, 0.3) is 0 Å². The van der Waals surface area contributed by atoms with Gasteiger partial charge in [0, 0.05) is 19.2 Å². The Balaban J connectivity index is 2.20. The molecule has 2 rings (SSSR count). The van der Waals surface area contributed by atoms with Gasteiger partial charge >= 0.3 is 0 Å². The lowest BCUT2D eigenvalue weighted by Gasteiger charge is -2.32. The number of aryl methyl sites for hydroxylation is 2. The highest BCUT2D eigenvalue weighted by molar-refractivity contribution is 7.89. The fraction of sp³-hybridized carbons (Fsp3) is 0.769. The molecule has 2 N–H and O–H groups in total. The van der Waals surface area contributed by atoms with Crippen LogP contribution in [0.3, 0.4) is 0 Å². The number of hydrogen-bond acceptors (Lipinski definition) is 4. The van der Waals surface area contributed by atoms with Crippen molar-refractivity contribution in [3.63, 3.8) is 0 Å². The number of rotatable bonds is 6. The fourth-order valence-corrected chi connectivity index (χ4v) is 4.46. The van der Waals surface area contributed by atoms with E-state index in [4.69, 9.17) is 5.11 Å². The highest BCUT2D eigenvalue weighted by Gasteiger charge is 2.32. The Labute approximate surface area is 120 Å². The highest BCUT2D eigenvalue weighted by Crippen LogP contribution is 2.29. The van der Waals surface area contributed by atoms with Crippen LogP contribution >= 0.6 is 0 Å². The molecule has 0 spiro atoms. The smallest absolute Gasteiger partial charge is 0.244 e. The van der Waals surface area contributed by atoms with Crippen LogP contribution in [0, 0.1) is 19.8 Å². The summed E-state index contributed by atoms with van der Waals surface area (Å²) in [5, 5.41) is 13.1. The molecule has 1 saturated carbocycles. The Hall–Kier alpha value is -0.920. The first-order chi connectivity index (χ1) is 9.35. The Bertz CT molecular complexity index is 574. The number of nitrogens with zero attached hydrogens (tertiary/aromatic N) is 2. The van der Waals surface area contributed by atoms with Crippen molar-refractivity contribution >= 4 is 10.0 Å². The normalized spacial score (nSPS) is 22.8. The van der Waals surface area contributed by atoms with Crippen molar-refractivity contribution in [3.8, 4) is 0 Å². The SMILES string of the molecule is Cc1nn(CCCO)c(C)c1S(=O)(=O)NC1CC(C)C1. The molecule has 1 heterocycles. The number of nitrogens with one attached hydrogen (secondary N) is 1. The van der Waals surface area contributed by atoms with Crippen LogP contribution in [0.2, 0.25) is 0 Å². The largest absolute Gasteiger partial charge is 0.396 e. The number of aliphatic hydroxyl groups excluding tert-OH is 1. The minimum atomic E-state index is -3.51. The van der Waals surface area contributed by atoms with E-state index in [1.54, 1.807) is 18.5 Å². The minimum absolute atomic E-state index is 0.0505. The molecule has 0 unspecified atom stereocenters. The van der Waals surface area contributed by atoms with Gasteiger partial charge in [0.15, 0.2) is 0 Å². The Morgan fingerprint density at radius 3 is 2.60 bits per heavy atom. The molecule has 0 aromatic carbocycles. The van der Waals surface area contributed by atoms with E-state index in [-0.39, 0.29) is 17.5 Å². The van der Waals surface area contributed by atoms with Crippen LogP contribution in [-0.4, -0.2) is 36.0 Å². The Morgan fingerprint density at radius 1 is 1.40 bits per heavy atom. The predicted octanol–water partition coefficient (Wildman–Crippen LogP) is 0.959. The Kier molecular flexibility index (Phi) is 4.51. The van der Waals surface area contributed by atoms with Crippen LogP contribution in [0.5, 0.6) is 0 Å². The van der Waals surface area contributed by atoms with Gasteiger partial charge in [-0.1, -0.05) is 6.92 Å². The van der Waals surface area contributed by atoms with Crippen LogP contribution in [-0.2, 0) is 16.6 Å². The molecule has 1 aromatic rings. The second-order valence-corrected chi connectivity index (χ2v) is 7.35. The molecule has 114 valence electrons. The summed E-state index contributed by atoms with van der Waals surface area (Å²) in [4.78, 5) is 0.287. The lowest BCUT2D eigenvalue weighted by molar-refractivity contribution is 0.270. The highest BCUT2D eigenvalue weighted by atomic mass is 32.2. The van der Waals surface area contributed by atoms with E-state index in [2.05, 4.69) is 16.7 Å². The third-order valence-electron chi connectivity index (χ3n) is 3.81. The molecule has 0 amide bonds. The van der Waals surface area contributed by atoms with E-state index in [1.807, 2.05) is 0 Å². The van der Waals surface area contributed by atoms with Crippen LogP contribution in [0.1, 0.15) is 37.6 Å². The third kappa shape index (κ3) is 3.05. The van der Waals surface area contributed by atoms with Gasteiger partial charge in [0.05, 0.1) is 11.4 Å². The van der Waals surface area contributed by atoms with E-state index >= 15 is 0 Å². The average molecular weight is 301 g/mol. The quantitative estimate of drug-likeness (QED) is 0.819. The van der Waals surface area contributed by atoms with Gasteiger partial charge in [-0.2, -0.15) is 5.10 Å². The molecule has 0 saturated heterocycles. The molecule has 0 bridgehead atoms. The van der Waals surface area contributed by atoms with E-state index in [1.165, 1.54) is 0 Å². The van der Waals surface area contributed by atoms with Gasteiger partial charge in [0.2, 0.25) is 10.0 Å². The third-order valence-corrected chi connectivity index (χ3v) is 5.58. The van der Waals surface area contributed by atoms with Crippen molar-refractivity contribution in [1.82, 2.24) is 14.5 Å². The summed E-state index contributed by atoms with van der Waals surface area (Å²) in [5.74, 6) is 0.595. The van der Waals surface area contributed by atoms with Crippen LogP contribution < -0.4 is 4.72 Å². The maximum atomic E-state index is 12.5. The molecule has 1 aliphatic rings. The van der Waals surface area contributed by atoms with Gasteiger partial charge < -0.3 is 5.11 Å². The maximum absolute atomic E-state index is 12.5. The molecular formula is C13H23N3O3S. The van der Waals surface area contributed by atoms with E-state index in [9.17, 15) is 8.42 Å². The summed E-state index contributed by atoms with van der Waals surface area (Å²) < 4.78 is 29.3. The van der Waals surface area contributed by atoms with Crippen LogP contribution in [0.4, 0.5) is 0 Å². The molecule has 20 heavy (non-hydrogen) atoms. The zero-order chi connectivity index (χ0) is 14.9. The monoisotopic (exact) mass is 301 g/mol. The van der Waals surface area contributed by atoms with E-state index < -0.39 is 10.0 Å². The second-order valence-electron chi connectivity index (χ2n) is 5.70. The first kappa shape index (κ1) is 15.5. The van der Waals surface area contributed by atoms with Gasteiger partial charge in [-0.05, 0) is 39.0 Å². The Morgan fingerprint density at radius 2 is 2.05 bits per heavy atom. The fourth-order valence-electron chi connectivity index (χ4n) is 2.78. The van der Waals surface area contributed by atoms with E-state index in [0.717, 1.165) is 12.8 Å². The van der Waals surface area contributed by atoms with Crippen molar-refractivity contribution in [3.05, 3.63) is 11.4 Å². The summed E-state index contributed by atoms with van der Waals surface area (Å²) in [6, 6.07) is 0.0505. The number of sulfonamides is 1. The van der Waals surface area contributed by atoms with Gasteiger partial charge in [-0.15, -0.1) is 0 Å². The number of hydrogen-bond donors (Lipinski definition) is 2. The average Bonchev–Trinajstić information content (AvgIpc) is 2.60. The molecule has 0 aliphatic heterocycles. The van der Waals surface area contributed by atoms with Gasteiger partial charge in [0.1, 0.15) is 4.90 Å². The molecule has 6 nitrogen and oxygen atoms in total. The first-order valence-electron chi connectivity index (χ1n) is 7.02. The maximum Gasteiger partial charge on any atom is 0.244 e. The molecule has 1 fully saturated rings. The zero-order valence-electron chi connectivity index (χ0n) is 12.3. The molecule has 0 radical (unpaired) electrons. The van der Waals surface area contributed by atoms with Gasteiger partial charge in [0.25, 0.3) is 0 Å². The summed E-state index contributed by atoms with van der Waals surface area (Å²) in [6.45, 7) is 6.18. The zero-order valence-corrected chi connectivity index (χ0v) is 13.1. The first-order valence-corrected chi connectivity index (χ1v) is 8.50. The van der Waals surface area contributed by atoms with Gasteiger partial charge in [-0.25, -0.2) is 13.1 Å². The van der Waals surface area contributed by atoms with Crippen molar-refractivity contribution in [2.24, 2.45) is 5.92 Å². The van der Waals surface area contributed by atoms with Crippen molar-refractivity contribution in [2.45, 2.75) is 57.5 Å². The number of aliphatic hydroxyl groups is 1. The molecule has 7 heteroatoms. The molecule has 0 atom stereocenters. The van der Waals surface area contributed by atoms with Crippen LogP contribution in [0.15, 0.2) is 4.90 Å². The number of aromatic nitrogens is 2. The molecule has 1 aliphatic carbocycles. The van der Waals surface area contributed by atoms with Crippen molar-refractivity contribution in [2.75, 3.05) is 6.61 Å². The second kappa shape index (κ2) is 5.83. The van der Waals surface area contributed by atoms with Crippen molar-refractivity contribution < 1.29 is 13.5 Å². The lowest BCUT2D eigenvalue weighted by atomic mass is 9.83. The lowest BCUT2D eigenvalue weighted by Crippen LogP contribution is -2.43.